The fourth-order valence-electron chi connectivity index (χ4n) is 2.70. The first kappa shape index (κ1) is 17.4. The van der Waals surface area contributed by atoms with Gasteiger partial charge >= 0.3 is 0 Å². The van der Waals surface area contributed by atoms with Crippen molar-refractivity contribution in [1.29, 1.82) is 0 Å². The smallest absolute Gasteiger partial charge is 0.290 e. The number of amides is 1. The van der Waals surface area contributed by atoms with E-state index in [0.717, 1.165) is 16.3 Å². The van der Waals surface area contributed by atoms with Gasteiger partial charge in [-0.15, -0.1) is 0 Å². The number of hydrogen-bond acceptors (Lipinski definition) is 3. The molecule has 128 valence electrons. The molecule has 2 aromatic carbocycles. The number of benzene rings is 2. The number of aromatic nitrogens is 1. The van der Waals surface area contributed by atoms with Crippen LogP contribution in [0, 0.1) is 0 Å². The second-order valence-electron chi connectivity index (χ2n) is 5.53. The summed E-state index contributed by atoms with van der Waals surface area (Å²) in [5.74, 6) is -2.95. The van der Waals surface area contributed by atoms with E-state index >= 15 is 0 Å². The Morgan fingerprint density at radius 3 is 2.68 bits per heavy atom. The quantitative estimate of drug-likeness (QED) is 0.613. The highest BCUT2D eigenvalue weighted by Gasteiger charge is 2.20. The number of carbonyl (C=O) groups excluding carboxylic acids is 1. The van der Waals surface area contributed by atoms with E-state index < -0.39 is 5.76 Å². The molecule has 3 rings (SSSR count). The minimum atomic E-state index is -2.62. The van der Waals surface area contributed by atoms with Gasteiger partial charge in [-0.1, -0.05) is 42.5 Å². The lowest BCUT2D eigenvalue weighted by molar-refractivity contribution is 0.0781. The predicted molar refractivity (Wildman–Crippen MR) is 95.8 cm³/mol. The van der Waals surface area contributed by atoms with Crippen LogP contribution < -0.4 is 0 Å². The zero-order valence-corrected chi connectivity index (χ0v) is 14.3. The summed E-state index contributed by atoms with van der Waals surface area (Å²) < 4.78 is 25.4. The molecule has 0 fully saturated rings. The average Bonchev–Trinajstić information content (AvgIpc) is 2.61. The minimum absolute atomic E-state index is 0.0484. The number of rotatable bonds is 5. The third kappa shape index (κ3) is 3.96. The second-order valence-corrected chi connectivity index (χ2v) is 6.51. The third-order valence-corrected chi connectivity index (χ3v) is 4.56. The summed E-state index contributed by atoms with van der Waals surface area (Å²) in [6.45, 7) is 0.383. The molecule has 3 aromatic rings. The van der Waals surface area contributed by atoms with Gasteiger partial charge < -0.3 is 4.90 Å². The monoisotopic (exact) mass is 358 g/mol. The Kier molecular flexibility index (Phi) is 5.28. The molecule has 0 saturated carbocycles. The summed E-state index contributed by atoms with van der Waals surface area (Å²) in [6, 6.07) is 17.0. The summed E-state index contributed by atoms with van der Waals surface area (Å²) in [4.78, 5) is 18.2. The number of fused-ring (bicyclic) bond motifs is 1. The fraction of sp³-hybridized carbons (Fsp3) is 0.158. The van der Waals surface area contributed by atoms with Crippen molar-refractivity contribution in [1.82, 2.24) is 9.88 Å². The van der Waals surface area contributed by atoms with E-state index in [1.54, 1.807) is 13.1 Å². The maximum absolute atomic E-state index is 12.7. The molecule has 0 radical (unpaired) electrons. The van der Waals surface area contributed by atoms with E-state index in [1.807, 2.05) is 42.5 Å². The van der Waals surface area contributed by atoms with Crippen LogP contribution in [-0.4, -0.2) is 28.6 Å². The van der Waals surface area contributed by atoms with Gasteiger partial charge in [-0.3, -0.25) is 4.79 Å². The Bertz CT molecular complexity index is 896. The summed E-state index contributed by atoms with van der Waals surface area (Å²) in [6.07, 6.45) is 1.41. The lowest BCUT2D eigenvalue weighted by Crippen LogP contribution is -2.27. The van der Waals surface area contributed by atoms with Gasteiger partial charge in [0.05, 0.1) is 5.56 Å². The van der Waals surface area contributed by atoms with Gasteiger partial charge in [0, 0.05) is 19.8 Å². The number of hydrogen-bond donors (Lipinski definition) is 0. The van der Waals surface area contributed by atoms with E-state index in [2.05, 4.69) is 4.98 Å². The van der Waals surface area contributed by atoms with Crippen LogP contribution in [0.25, 0.3) is 10.8 Å². The first-order valence-corrected chi connectivity index (χ1v) is 8.56. The zero-order chi connectivity index (χ0) is 17.8. The average molecular weight is 358 g/mol. The van der Waals surface area contributed by atoms with E-state index in [0.29, 0.717) is 6.54 Å². The van der Waals surface area contributed by atoms with Crippen molar-refractivity contribution in [2.75, 3.05) is 7.05 Å². The van der Waals surface area contributed by atoms with Crippen LogP contribution in [0.1, 0.15) is 15.9 Å². The Balaban J connectivity index is 1.86. The molecule has 0 aliphatic rings. The number of halogens is 2. The van der Waals surface area contributed by atoms with Gasteiger partial charge in [-0.2, -0.15) is 8.78 Å². The molecule has 1 heterocycles. The van der Waals surface area contributed by atoms with Crippen molar-refractivity contribution in [2.24, 2.45) is 0 Å². The lowest BCUT2D eigenvalue weighted by atomic mass is 10.0. The largest absolute Gasteiger partial charge is 0.337 e. The van der Waals surface area contributed by atoms with Crippen LogP contribution in [0.5, 0.6) is 0 Å². The SMILES string of the molecule is CN(Cc1cccc2ccccc12)C(=O)c1cccnc1SC(F)F. The molecule has 0 N–H and O–H groups in total. The molecule has 0 atom stereocenters. The second kappa shape index (κ2) is 7.61. The molecule has 1 aromatic heterocycles. The molecule has 1 amide bonds. The van der Waals surface area contributed by atoms with E-state index in [-0.39, 0.29) is 28.3 Å². The van der Waals surface area contributed by atoms with Crippen LogP contribution in [-0.2, 0) is 6.54 Å². The summed E-state index contributed by atoms with van der Waals surface area (Å²) in [5.41, 5.74) is 1.19. The molecule has 0 aliphatic heterocycles. The standard InChI is InChI=1S/C19H16F2N2OS/c1-23(12-14-8-4-7-13-6-2-3-9-15(13)14)18(24)16-10-5-11-22-17(16)25-19(20)21/h2-11,19H,12H2,1H3. The third-order valence-electron chi connectivity index (χ3n) is 3.84. The van der Waals surface area contributed by atoms with Crippen LogP contribution in [0.2, 0.25) is 0 Å². The molecular formula is C19H16F2N2OS. The minimum Gasteiger partial charge on any atom is -0.337 e. The Hall–Kier alpha value is -2.47. The van der Waals surface area contributed by atoms with Crippen molar-refractivity contribution in [3.63, 3.8) is 0 Å². The maximum Gasteiger partial charge on any atom is 0.290 e. The van der Waals surface area contributed by atoms with E-state index in [9.17, 15) is 13.6 Å². The van der Waals surface area contributed by atoms with Gasteiger partial charge in [0.25, 0.3) is 11.7 Å². The molecule has 6 heteroatoms. The van der Waals surface area contributed by atoms with Crippen molar-refractivity contribution in [3.8, 4) is 0 Å². The van der Waals surface area contributed by atoms with Crippen molar-refractivity contribution < 1.29 is 13.6 Å². The van der Waals surface area contributed by atoms with Crippen LogP contribution in [0.3, 0.4) is 0 Å². The molecule has 0 unspecified atom stereocenters. The molecule has 3 nitrogen and oxygen atoms in total. The molecule has 0 bridgehead atoms. The van der Waals surface area contributed by atoms with Gasteiger partial charge in [0.2, 0.25) is 0 Å². The van der Waals surface area contributed by atoms with Crippen molar-refractivity contribution in [3.05, 3.63) is 71.9 Å². The van der Waals surface area contributed by atoms with Crippen LogP contribution in [0.15, 0.2) is 65.8 Å². The van der Waals surface area contributed by atoms with Crippen LogP contribution >= 0.6 is 11.8 Å². The number of nitrogens with zero attached hydrogens (tertiary/aromatic N) is 2. The zero-order valence-electron chi connectivity index (χ0n) is 13.5. The van der Waals surface area contributed by atoms with Crippen molar-refractivity contribution in [2.45, 2.75) is 17.3 Å². The van der Waals surface area contributed by atoms with Gasteiger partial charge in [-0.25, -0.2) is 4.98 Å². The number of thioether (sulfide) groups is 1. The summed E-state index contributed by atoms with van der Waals surface area (Å²) >= 11 is 0.288. The molecule has 25 heavy (non-hydrogen) atoms. The fourth-order valence-corrected chi connectivity index (χ4v) is 3.27. The normalized spacial score (nSPS) is 11.0. The summed E-state index contributed by atoms with van der Waals surface area (Å²) in [7, 11) is 1.66. The maximum atomic E-state index is 12.7. The highest BCUT2D eigenvalue weighted by atomic mass is 32.2. The molecular weight excluding hydrogens is 342 g/mol. The molecule has 0 saturated heterocycles. The highest BCUT2D eigenvalue weighted by molar-refractivity contribution is 7.99. The Labute approximate surface area is 148 Å². The predicted octanol–water partition coefficient (Wildman–Crippen LogP) is 4.82. The van der Waals surface area contributed by atoms with Gasteiger partial charge in [0.1, 0.15) is 5.03 Å². The van der Waals surface area contributed by atoms with Crippen LogP contribution in [0.4, 0.5) is 8.78 Å². The molecule has 0 aliphatic carbocycles. The van der Waals surface area contributed by atoms with E-state index in [4.69, 9.17) is 0 Å². The van der Waals surface area contributed by atoms with E-state index in [1.165, 1.54) is 17.2 Å². The number of alkyl halides is 2. The topological polar surface area (TPSA) is 33.2 Å². The number of carbonyl (C=O) groups is 1. The Morgan fingerprint density at radius 2 is 1.88 bits per heavy atom. The first-order chi connectivity index (χ1) is 12.1. The highest BCUT2D eigenvalue weighted by Crippen LogP contribution is 2.27. The first-order valence-electron chi connectivity index (χ1n) is 7.68. The Morgan fingerprint density at radius 1 is 1.12 bits per heavy atom. The molecule has 0 spiro atoms. The summed E-state index contributed by atoms with van der Waals surface area (Å²) in [5, 5.41) is 2.21. The van der Waals surface area contributed by atoms with Gasteiger partial charge in [0.15, 0.2) is 0 Å². The lowest BCUT2D eigenvalue weighted by Gasteiger charge is -2.19. The van der Waals surface area contributed by atoms with Gasteiger partial charge in [-0.05, 0) is 40.2 Å². The number of pyridine rings is 1. The van der Waals surface area contributed by atoms with Crippen molar-refractivity contribution >= 4 is 28.4 Å².